The summed E-state index contributed by atoms with van der Waals surface area (Å²) in [6.45, 7) is 9.25. The van der Waals surface area contributed by atoms with Crippen LogP contribution in [0, 0.1) is 5.41 Å². The topological polar surface area (TPSA) is 49.5 Å². The Morgan fingerprint density at radius 3 is 2.00 bits per heavy atom. The lowest BCUT2D eigenvalue weighted by atomic mass is 9.86. The second-order valence-corrected chi connectivity index (χ2v) is 3.87. The number of likely N-dealkylation sites (N-methyl/N-ethyl adjacent to an activating group) is 1. The normalized spacial score (nSPS) is 15.5. The lowest BCUT2D eigenvalue weighted by Crippen LogP contribution is -2.46. The fourth-order valence-corrected chi connectivity index (χ4v) is 1.14. The molecule has 68 valence electrons. The smallest absolute Gasteiger partial charge is 0.0520 e. The van der Waals surface area contributed by atoms with E-state index in [-0.39, 0.29) is 11.5 Å². The fourth-order valence-electron chi connectivity index (χ4n) is 1.14. The summed E-state index contributed by atoms with van der Waals surface area (Å²) >= 11 is 0. The van der Waals surface area contributed by atoms with Gasteiger partial charge in [0.25, 0.3) is 0 Å². The van der Waals surface area contributed by atoms with Gasteiger partial charge in [0.15, 0.2) is 0 Å². The molecule has 0 spiro atoms. The summed E-state index contributed by atoms with van der Waals surface area (Å²) in [6.07, 6.45) is 0. The predicted octanol–water partition coefficient (Wildman–Crippen LogP) is 1.07. The van der Waals surface area contributed by atoms with E-state index in [2.05, 4.69) is 20.8 Å². The van der Waals surface area contributed by atoms with Crippen LogP contribution in [-0.2, 0) is 0 Å². The molecule has 0 aliphatic rings. The summed E-state index contributed by atoms with van der Waals surface area (Å²) in [7, 11) is 0. The van der Waals surface area contributed by atoms with Gasteiger partial charge in [-0.1, -0.05) is 27.7 Å². The van der Waals surface area contributed by atoms with Crippen molar-refractivity contribution in [2.75, 3.05) is 13.1 Å². The second-order valence-electron chi connectivity index (χ2n) is 3.87. The Morgan fingerprint density at radius 2 is 1.91 bits per heavy atom. The summed E-state index contributed by atoms with van der Waals surface area (Å²) in [5.41, 5.74) is 5.57. The molecule has 0 saturated heterocycles. The van der Waals surface area contributed by atoms with E-state index < -0.39 is 0 Å². The first-order valence-electron chi connectivity index (χ1n) is 4.09. The van der Waals surface area contributed by atoms with E-state index in [0.29, 0.717) is 13.1 Å². The molecule has 0 rings (SSSR count). The first-order chi connectivity index (χ1) is 4.93. The molecule has 0 aliphatic carbocycles. The monoisotopic (exact) mass is 160 g/mol. The molecule has 3 N–H and O–H groups in total. The molecule has 1 atom stereocenters. The van der Waals surface area contributed by atoms with Gasteiger partial charge in [0, 0.05) is 13.1 Å². The fraction of sp³-hybridized carbons (Fsp3) is 1.00. The van der Waals surface area contributed by atoms with E-state index in [1.54, 1.807) is 0 Å². The Balaban J connectivity index is 4.16. The van der Waals surface area contributed by atoms with E-state index in [1.165, 1.54) is 5.06 Å². The molecule has 0 heterocycles. The number of rotatable bonds is 3. The zero-order valence-electron chi connectivity index (χ0n) is 7.96. The standard InChI is InChI=1S/C8H20N2O/c1-5-10(11)7(6-9)8(2,3)4/h7,11H,5-6,9H2,1-4H3. The molecule has 0 amide bonds. The summed E-state index contributed by atoms with van der Waals surface area (Å²) in [5, 5.41) is 10.7. The van der Waals surface area contributed by atoms with Gasteiger partial charge in [-0.15, -0.1) is 0 Å². The number of hydrogen-bond donors (Lipinski definition) is 2. The van der Waals surface area contributed by atoms with Crippen LogP contribution < -0.4 is 5.73 Å². The van der Waals surface area contributed by atoms with Crippen molar-refractivity contribution in [3.8, 4) is 0 Å². The number of hydrogen-bond acceptors (Lipinski definition) is 3. The predicted molar refractivity (Wildman–Crippen MR) is 46.5 cm³/mol. The van der Waals surface area contributed by atoms with Gasteiger partial charge in [-0.25, -0.2) is 0 Å². The van der Waals surface area contributed by atoms with Crippen molar-refractivity contribution in [3.05, 3.63) is 0 Å². The average Bonchev–Trinajstić information content (AvgIpc) is 1.86. The molecule has 1 unspecified atom stereocenters. The van der Waals surface area contributed by atoms with Gasteiger partial charge in [-0.2, -0.15) is 5.06 Å². The van der Waals surface area contributed by atoms with Gasteiger partial charge in [0.1, 0.15) is 0 Å². The van der Waals surface area contributed by atoms with E-state index in [1.807, 2.05) is 6.92 Å². The molecule has 3 nitrogen and oxygen atoms in total. The Bertz CT molecular complexity index is 109. The zero-order valence-corrected chi connectivity index (χ0v) is 7.96. The van der Waals surface area contributed by atoms with Crippen molar-refractivity contribution >= 4 is 0 Å². The molecule has 0 saturated carbocycles. The number of hydroxylamine groups is 2. The third-order valence-electron chi connectivity index (χ3n) is 1.91. The molecule has 0 aromatic heterocycles. The van der Waals surface area contributed by atoms with E-state index >= 15 is 0 Å². The number of nitrogens with two attached hydrogens (primary N) is 1. The van der Waals surface area contributed by atoms with E-state index in [9.17, 15) is 5.21 Å². The van der Waals surface area contributed by atoms with E-state index in [4.69, 9.17) is 5.73 Å². The van der Waals surface area contributed by atoms with Crippen LogP contribution in [0.2, 0.25) is 0 Å². The van der Waals surface area contributed by atoms with Crippen molar-refractivity contribution in [2.45, 2.75) is 33.7 Å². The van der Waals surface area contributed by atoms with Gasteiger partial charge in [-0.3, -0.25) is 0 Å². The molecule has 0 aromatic carbocycles. The van der Waals surface area contributed by atoms with Crippen molar-refractivity contribution in [1.82, 2.24) is 5.06 Å². The maximum atomic E-state index is 9.41. The maximum absolute atomic E-state index is 9.41. The first-order valence-corrected chi connectivity index (χ1v) is 4.09. The van der Waals surface area contributed by atoms with Gasteiger partial charge in [0.2, 0.25) is 0 Å². The molecule has 0 bridgehead atoms. The van der Waals surface area contributed by atoms with Gasteiger partial charge in [0.05, 0.1) is 6.04 Å². The molecular formula is C8H20N2O. The summed E-state index contributed by atoms with van der Waals surface area (Å²) in [5.74, 6) is 0. The Labute approximate surface area is 69.1 Å². The molecule has 0 fully saturated rings. The average molecular weight is 160 g/mol. The summed E-state index contributed by atoms with van der Waals surface area (Å²) in [4.78, 5) is 0. The molecule has 0 aromatic rings. The zero-order chi connectivity index (χ0) is 9.07. The van der Waals surface area contributed by atoms with Crippen molar-refractivity contribution in [3.63, 3.8) is 0 Å². The minimum Gasteiger partial charge on any atom is -0.329 e. The lowest BCUT2D eigenvalue weighted by molar-refractivity contribution is -0.146. The Kier molecular flexibility index (Phi) is 4.00. The second kappa shape index (κ2) is 4.04. The molecule has 3 heteroatoms. The van der Waals surface area contributed by atoms with Crippen molar-refractivity contribution in [1.29, 1.82) is 0 Å². The minimum absolute atomic E-state index is 0.0412. The largest absolute Gasteiger partial charge is 0.329 e. The first kappa shape index (κ1) is 10.9. The van der Waals surface area contributed by atoms with Gasteiger partial charge < -0.3 is 10.9 Å². The maximum Gasteiger partial charge on any atom is 0.0520 e. The van der Waals surface area contributed by atoms with Crippen molar-refractivity contribution in [2.24, 2.45) is 11.1 Å². The molecular weight excluding hydrogens is 140 g/mol. The molecule has 0 radical (unpaired) electrons. The Hall–Kier alpha value is -0.120. The van der Waals surface area contributed by atoms with E-state index in [0.717, 1.165) is 0 Å². The van der Waals surface area contributed by atoms with Gasteiger partial charge in [-0.05, 0) is 5.41 Å². The van der Waals surface area contributed by atoms with Crippen LogP contribution in [-0.4, -0.2) is 29.4 Å². The highest BCUT2D eigenvalue weighted by molar-refractivity contribution is 4.79. The SMILES string of the molecule is CCN(O)C(CN)C(C)(C)C. The van der Waals surface area contributed by atoms with Crippen LogP contribution in [0.5, 0.6) is 0 Å². The van der Waals surface area contributed by atoms with Crippen LogP contribution in [0.3, 0.4) is 0 Å². The van der Waals surface area contributed by atoms with Gasteiger partial charge >= 0.3 is 0 Å². The van der Waals surface area contributed by atoms with Crippen LogP contribution in [0.4, 0.5) is 0 Å². The third kappa shape index (κ3) is 3.18. The Morgan fingerprint density at radius 1 is 1.45 bits per heavy atom. The highest BCUT2D eigenvalue weighted by Gasteiger charge is 2.27. The lowest BCUT2D eigenvalue weighted by Gasteiger charge is -2.34. The quantitative estimate of drug-likeness (QED) is 0.607. The highest BCUT2D eigenvalue weighted by atomic mass is 16.5. The molecule has 11 heavy (non-hydrogen) atoms. The number of nitrogens with zero attached hydrogens (tertiary/aromatic N) is 1. The highest BCUT2D eigenvalue weighted by Crippen LogP contribution is 2.21. The minimum atomic E-state index is 0.0412. The van der Waals surface area contributed by atoms with Crippen LogP contribution in [0.15, 0.2) is 0 Å². The van der Waals surface area contributed by atoms with Crippen LogP contribution in [0.25, 0.3) is 0 Å². The van der Waals surface area contributed by atoms with Crippen molar-refractivity contribution < 1.29 is 5.21 Å². The summed E-state index contributed by atoms with van der Waals surface area (Å²) < 4.78 is 0. The van der Waals surface area contributed by atoms with Crippen LogP contribution >= 0.6 is 0 Å². The summed E-state index contributed by atoms with van der Waals surface area (Å²) in [6, 6.07) is 0.0486. The van der Waals surface area contributed by atoms with Crippen LogP contribution in [0.1, 0.15) is 27.7 Å². The molecule has 0 aliphatic heterocycles. The third-order valence-corrected chi connectivity index (χ3v) is 1.91.